The summed E-state index contributed by atoms with van der Waals surface area (Å²) in [5.74, 6) is 0.670. The summed E-state index contributed by atoms with van der Waals surface area (Å²) in [5, 5.41) is 3.33. The molecule has 6 heteroatoms. The van der Waals surface area contributed by atoms with Crippen LogP contribution in [-0.4, -0.2) is 61.5 Å². The van der Waals surface area contributed by atoms with Crippen molar-refractivity contribution in [1.82, 2.24) is 15.1 Å². The molecule has 0 aliphatic carbocycles. The summed E-state index contributed by atoms with van der Waals surface area (Å²) in [5.41, 5.74) is 1.98. The first kappa shape index (κ1) is 21.3. The molecule has 3 rings (SSSR count). The van der Waals surface area contributed by atoms with E-state index in [2.05, 4.69) is 24.2 Å². The predicted octanol–water partition coefficient (Wildman–Crippen LogP) is 2.70. The maximum Gasteiger partial charge on any atom is 0.236 e. The highest BCUT2D eigenvalue weighted by Crippen LogP contribution is 2.16. The van der Waals surface area contributed by atoms with Gasteiger partial charge in [0.25, 0.3) is 0 Å². The molecule has 1 heterocycles. The summed E-state index contributed by atoms with van der Waals surface area (Å²) in [6.07, 6.45) is 0.834. The Bertz CT molecular complexity index is 789. The number of nitrogens with one attached hydrogen (secondary N) is 1. The lowest BCUT2D eigenvalue weighted by Gasteiger charge is -2.32. The van der Waals surface area contributed by atoms with Crippen molar-refractivity contribution in [2.45, 2.75) is 26.0 Å². The molecule has 0 radical (unpaired) electrons. The zero-order valence-corrected chi connectivity index (χ0v) is 17.2. The molecule has 29 heavy (non-hydrogen) atoms. The van der Waals surface area contributed by atoms with Gasteiger partial charge < -0.3 is 19.9 Å². The first-order valence-electron chi connectivity index (χ1n) is 10.2. The van der Waals surface area contributed by atoms with Crippen LogP contribution >= 0.6 is 0 Å². The van der Waals surface area contributed by atoms with Crippen LogP contribution in [0.4, 0.5) is 4.39 Å². The van der Waals surface area contributed by atoms with E-state index in [-0.39, 0.29) is 17.8 Å². The molecule has 1 N–H and O–H groups in total. The van der Waals surface area contributed by atoms with Crippen LogP contribution in [0.25, 0.3) is 0 Å². The molecule has 0 spiro atoms. The number of rotatable bonds is 8. The number of amides is 1. The second-order valence-electron chi connectivity index (χ2n) is 7.73. The monoisotopic (exact) mass is 399 g/mol. The normalized spacial score (nSPS) is 15.9. The van der Waals surface area contributed by atoms with E-state index in [0.29, 0.717) is 13.2 Å². The highest BCUT2D eigenvalue weighted by atomic mass is 19.1. The Hall–Kier alpha value is -2.44. The number of hydrogen-bond donors (Lipinski definition) is 1. The van der Waals surface area contributed by atoms with Gasteiger partial charge in [0.15, 0.2) is 0 Å². The SMILES string of the molecule is C[C@H](Cc1ccc(OCc2cccc(F)c2)cc1)NCC(=O)N1CCN(C)CC1. The van der Waals surface area contributed by atoms with Gasteiger partial charge in [-0.2, -0.15) is 0 Å². The number of nitrogens with zero attached hydrogens (tertiary/aromatic N) is 2. The molecule has 2 aromatic carbocycles. The predicted molar refractivity (Wildman–Crippen MR) is 112 cm³/mol. The maximum atomic E-state index is 13.2. The topological polar surface area (TPSA) is 44.8 Å². The average molecular weight is 400 g/mol. The molecule has 156 valence electrons. The smallest absolute Gasteiger partial charge is 0.236 e. The molecule has 0 bridgehead atoms. The Balaban J connectivity index is 1.40. The number of piperazine rings is 1. The molecule has 1 aliphatic heterocycles. The average Bonchev–Trinajstić information content (AvgIpc) is 2.72. The number of hydrogen-bond acceptors (Lipinski definition) is 4. The summed E-state index contributed by atoms with van der Waals surface area (Å²) in [4.78, 5) is 16.5. The number of benzene rings is 2. The third-order valence-electron chi connectivity index (χ3n) is 5.22. The fraction of sp³-hybridized carbons (Fsp3) is 0.435. The number of ether oxygens (including phenoxy) is 1. The van der Waals surface area contributed by atoms with Gasteiger partial charge in [-0.25, -0.2) is 4.39 Å². The lowest BCUT2D eigenvalue weighted by atomic mass is 10.1. The second kappa shape index (κ2) is 10.4. The molecular formula is C23H30FN3O2. The Kier molecular flexibility index (Phi) is 7.61. The Morgan fingerprint density at radius 3 is 2.52 bits per heavy atom. The van der Waals surface area contributed by atoms with E-state index in [1.54, 1.807) is 6.07 Å². The molecule has 1 aliphatic rings. The third-order valence-corrected chi connectivity index (χ3v) is 5.22. The third kappa shape index (κ3) is 6.84. The van der Waals surface area contributed by atoms with Gasteiger partial charge in [-0.15, -0.1) is 0 Å². The quantitative estimate of drug-likeness (QED) is 0.741. The van der Waals surface area contributed by atoms with Gasteiger partial charge in [0, 0.05) is 32.2 Å². The van der Waals surface area contributed by atoms with Crippen LogP contribution in [0.3, 0.4) is 0 Å². The Labute approximate surface area is 172 Å². The number of carbonyl (C=O) groups is 1. The molecule has 1 atom stereocenters. The van der Waals surface area contributed by atoms with Crippen molar-refractivity contribution in [3.63, 3.8) is 0 Å². The van der Waals surface area contributed by atoms with Gasteiger partial charge in [-0.05, 0) is 55.8 Å². The van der Waals surface area contributed by atoms with E-state index >= 15 is 0 Å². The van der Waals surface area contributed by atoms with Crippen molar-refractivity contribution in [3.8, 4) is 5.75 Å². The summed E-state index contributed by atoms with van der Waals surface area (Å²) >= 11 is 0. The van der Waals surface area contributed by atoms with Gasteiger partial charge in [-0.1, -0.05) is 24.3 Å². The highest BCUT2D eigenvalue weighted by molar-refractivity contribution is 5.78. The first-order valence-corrected chi connectivity index (χ1v) is 10.2. The first-order chi connectivity index (χ1) is 14.0. The van der Waals surface area contributed by atoms with Gasteiger partial charge >= 0.3 is 0 Å². The van der Waals surface area contributed by atoms with Crippen LogP contribution in [0.15, 0.2) is 48.5 Å². The van der Waals surface area contributed by atoms with Crippen molar-refractivity contribution in [3.05, 3.63) is 65.5 Å². The summed E-state index contributed by atoms with van der Waals surface area (Å²) < 4.78 is 18.9. The number of halogens is 1. The minimum absolute atomic E-state index is 0.172. The van der Waals surface area contributed by atoms with Gasteiger partial charge in [0.1, 0.15) is 18.2 Å². The van der Waals surface area contributed by atoms with Crippen LogP contribution in [0, 0.1) is 5.82 Å². The molecule has 2 aromatic rings. The Morgan fingerprint density at radius 1 is 1.10 bits per heavy atom. The molecule has 0 aromatic heterocycles. The van der Waals surface area contributed by atoms with Crippen molar-refractivity contribution in [1.29, 1.82) is 0 Å². The molecule has 5 nitrogen and oxygen atoms in total. The van der Waals surface area contributed by atoms with Crippen LogP contribution in [0.1, 0.15) is 18.1 Å². The van der Waals surface area contributed by atoms with E-state index in [4.69, 9.17) is 4.74 Å². The molecular weight excluding hydrogens is 369 g/mol. The van der Waals surface area contributed by atoms with Crippen molar-refractivity contribution in [2.75, 3.05) is 39.8 Å². The summed E-state index contributed by atoms with van der Waals surface area (Å²) in [6.45, 7) is 6.30. The van der Waals surface area contributed by atoms with Crippen molar-refractivity contribution < 1.29 is 13.9 Å². The highest BCUT2D eigenvalue weighted by Gasteiger charge is 2.19. The minimum atomic E-state index is -0.256. The second-order valence-corrected chi connectivity index (χ2v) is 7.73. The summed E-state index contributed by atoms with van der Waals surface area (Å²) in [7, 11) is 2.08. The van der Waals surface area contributed by atoms with E-state index in [1.807, 2.05) is 35.2 Å². The number of likely N-dealkylation sites (N-methyl/N-ethyl adjacent to an activating group) is 1. The fourth-order valence-electron chi connectivity index (χ4n) is 3.37. The standard InChI is InChI=1S/C23H30FN3O2/c1-18(25-16-23(28)27-12-10-26(2)11-13-27)14-19-6-8-22(9-7-19)29-17-20-4-3-5-21(24)15-20/h3-9,15,18,25H,10-14,16-17H2,1-2H3/t18-/m1/s1. The molecule has 0 unspecified atom stereocenters. The van der Waals surface area contributed by atoms with Crippen LogP contribution in [0.2, 0.25) is 0 Å². The Morgan fingerprint density at radius 2 is 1.83 bits per heavy atom. The van der Waals surface area contributed by atoms with Gasteiger partial charge in [0.2, 0.25) is 5.91 Å². The maximum absolute atomic E-state index is 13.2. The van der Waals surface area contributed by atoms with Crippen molar-refractivity contribution in [2.24, 2.45) is 0 Å². The number of carbonyl (C=O) groups excluding carboxylic acids is 1. The van der Waals surface area contributed by atoms with E-state index in [9.17, 15) is 9.18 Å². The lowest BCUT2D eigenvalue weighted by Crippen LogP contribution is -2.50. The fourth-order valence-corrected chi connectivity index (χ4v) is 3.37. The molecule has 1 amide bonds. The van der Waals surface area contributed by atoms with Gasteiger partial charge in [0.05, 0.1) is 6.54 Å². The largest absolute Gasteiger partial charge is 0.489 e. The van der Waals surface area contributed by atoms with Crippen LogP contribution in [-0.2, 0) is 17.8 Å². The zero-order chi connectivity index (χ0) is 20.6. The van der Waals surface area contributed by atoms with E-state index in [0.717, 1.165) is 43.9 Å². The van der Waals surface area contributed by atoms with Gasteiger partial charge in [-0.3, -0.25) is 4.79 Å². The van der Waals surface area contributed by atoms with Crippen molar-refractivity contribution >= 4 is 5.91 Å². The van der Waals surface area contributed by atoms with E-state index < -0.39 is 0 Å². The molecule has 1 saturated heterocycles. The van der Waals surface area contributed by atoms with Crippen LogP contribution < -0.4 is 10.1 Å². The summed E-state index contributed by atoms with van der Waals surface area (Å²) in [6, 6.07) is 14.5. The lowest BCUT2D eigenvalue weighted by molar-refractivity contribution is -0.131. The molecule has 0 saturated carbocycles. The molecule has 1 fully saturated rings. The zero-order valence-electron chi connectivity index (χ0n) is 17.2. The minimum Gasteiger partial charge on any atom is -0.489 e. The van der Waals surface area contributed by atoms with Crippen LogP contribution in [0.5, 0.6) is 5.75 Å². The van der Waals surface area contributed by atoms with E-state index in [1.165, 1.54) is 17.7 Å².